The van der Waals surface area contributed by atoms with Crippen LogP contribution in [0.3, 0.4) is 0 Å². The smallest absolute Gasteiger partial charge is 0.217 e. The van der Waals surface area contributed by atoms with Gasteiger partial charge >= 0.3 is 0 Å². The van der Waals surface area contributed by atoms with E-state index in [1.54, 1.807) is 6.07 Å². The van der Waals surface area contributed by atoms with E-state index < -0.39 is 11.6 Å². The van der Waals surface area contributed by atoms with E-state index in [1.165, 1.54) is 10.7 Å². The second-order valence-corrected chi connectivity index (χ2v) is 5.78. The Morgan fingerprint density at radius 2 is 2.08 bits per heavy atom. The van der Waals surface area contributed by atoms with Gasteiger partial charge in [0.1, 0.15) is 11.9 Å². The van der Waals surface area contributed by atoms with E-state index in [4.69, 9.17) is 9.15 Å². The third-order valence-electron chi connectivity index (χ3n) is 3.96. The number of morpholine rings is 1. The van der Waals surface area contributed by atoms with Gasteiger partial charge in [-0.05, 0) is 31.2 Å². The minimum absolute atomic E-state index is 0.348. The Hall–Kier alpha value is -2.58. The zero-order valence-electron chi connectivity index (χ0n) is 13.5. The van der Waals surface area contributed by atoms with E-state index in [-0.39, 0.29) is 6.10 Å². The lowest BCUT2D eigenvalue weighted by atomic mass is 10.2. The molecule has 1 saturated heterocycles. The number of nitrogens with one attached hydrogen (secondary N) is 1. The zero-order chi connectivity index (χ0) is 17.4. The molecule has 2 aromatic heterocycles. The van der Waals surface area contributed by atoms with Gasteiger partial charge < -0.3 is 14.5 Å². The summed E-state index contributed by atoms with van der Waals surface area (Å²) in [7, 11) is 0. The topological polar surface area (TPSA) is 65.1 Å². The SMILES string of the molecule is Cc1ccc(-c2nc([C@H]3CNCCO3)n(-c3ccc(F)c(F)c3)n2)o1. The van der Waals surface area contributed by atoms with Crippen LogP contribution in [0.1, 0.15) is 17.7 Å². The Labute approximate surface area is 142 Å². The second-order valence-electron chi connectivity index (χ2n) is 5.78. The molecule has 1 aliphatic rings. The fourth-order valence-electron chi connectivity index (χ4n) is 2.73. The maximum Gasteiger partial charge on any atom is 0.217 e. The summed E-state index contributed by atoms with van der Waals surface area (Å²) in [5.41, 5.74) is 0.366. The predicted octanol–water partition coefficient (Wildman–Crippen LogP) is 2.77. The average molecular weight is 346 g/mol. The molecular formula is C17H16F2N4O2. The van der Waals surface area contributed by atoms with E-state index in [0.717, 1.165) is 24.4 Å². The molecular weight excluding hydrogens is 330 g/mol. The average Bonchev–Trinajstić information content (AvgIpc) is 3.24. The summed E-state index contributed by atoms with van der Waals surface area (Å²) < 4.78 is 39.7. The molecule has 0 saturated carbocycles. The first kappa shape index (κ1) is 15.9. The van der Waals surface area contributed by atoms with Gasteiger partial charge in [-0.25, -0.2) is 18.4 Å². The molecule has 3 aromatic rings. The molecule has 0 amide bonds. The first-order valence-corrected chi connectivity index (χ1v) is 7.93. The third kappa shape index (κ3) is 3.06. The monoisotopic (exact) mass is 346 g/mol. The molecule has 25 heavy (non-hydrogen) atoms. The number of halogens is 2. The number of benzene rings is 1. The van der Waals surface area contributed by atoms with Crippen LogP contribution in [0, 0.1) is 18.6 Å². The van der Waals surface area contributed by atoms with Crippen LogP contribution in [0.4, 0.5) is 8.78 Å². The van der Waals surface area contributed by atoms with Crippen LogP contribution in [0.25, 0.3) is 17.3 Å². The molecule has 4 rings (SSSR count). The summed E-state index contributed by atoms with van der Waals surface area (Å²) in [5, 5.41) is 7.65. The number of hydrogen-bond donors (Lipinski definition) is 1. The van der Waals surface area contributed by atoms with Crippen molar-refractivity contribution in [2.24, 2.45) is 0 Å². The van der Waals surface area contributed by atoms with Gasteiger partial charge in [0.25, 0.3) is 0 Å². The molecule has 0 aliphatic carbocycles. The van der Waals surface area contributed by atoms with Crippen molar-refractivity contribution in [2.45, 2.75) is 13.0 Å². The Bertz CT molecular complexity index is 900. The minimum atomic E-state index is -0.947. The van der Waals surface area contributed by atoms with Crippen LogP contribution in [-0.4, -0.2) is 34.5 Å². The number of rotatable bonds is 3. The van der Waals surface area contributed by atoms with E-state index in [1.807, 2.05) is 13.0 Å². The summed E-state index contributed by atoms with van der Waals surface area (Å²) in [6, 6.07) is 7.17. The summed E-state index contributed by atoms with van der Waals surface area (Å²) >= 11 is 0. The van der Waals surface area contributed by atoms with E-state index in [2.05, 4.69) is 15.4 Å². The van der Waals surface area contributed by atoms with Crippen LogP contribution in [0.15, 0.2) is 34.7 Å². The highest BCUT2D eigenvalue weighted by atomic mass is 19.2. The van der Waals surface area contributed by atoms with E-state index in [0.29, 0.717) is 36.2 Å². The molecule has 6 nitrogen and oxygen atoms in total. The summed E-state index contributed by atoms with van der Waals surface area (Å²) in [5.74, 6) is 0.240. The van der Waals surface area contributed by atoms with Crippen molar-refractivity contribution in [2.75, 3.05) is 19.7 Å². The predicted molar refractivity (Wildman–Crippen MR) is 85.3 cm³/mol. The molecule has 0 spiro atoms. The summed E-state index contributed by atoms with van der Waals surface area (Å²) in [4.78, 5) is 4.52. The van der Waals surface area contributed by atoms with Crippen LogP contribution < -0.4 is 5.32 Å². The van der Waals surface area contributed by atoms with Crippen molar-refractivity contribution >= 4 is 0 Å². The Morgan fingerprint density at radius 1 is 1.20 bits per heavy atom. The highest BCUT2D eigenvalue weighted by Crippen LogP contribution is 2.26. The number of aromatic nitrogens is 3. The van der Waals surface area contributed by atoms with Gasteiger partial charge in [-0.3, -0.25) is 0 Å². The van der Waals surface area contributed by atoms with Crippen molar-refractivity contribution in [3.05, 3.63) is 53.6 Å². The number of ether oxygens (including phenoxy) is 1. The normalized spacial score (nSPS) is 17.8. The molecule has 0 unspecified atom stereocenters. The molecule has 1 N–H and O–H groups in total. The molecule has 0 radical (unpaired) electrons. The van der Waals surface area contributed by atoms with Gasteiger partial charge in [0, 0.05) is 19.2 Å². The fraction of sp³-hybridized carbons (Fsp3) is 0.294. The second kappa shape index (κ2) is 6.38. The van der Waals surface area contributed by atoms with E-state index in [9.17, 15) is 8.78 Å². The van der Waals surface area contributed by atoms with Gasteiger partial charge in [-0.2, -0.15) is 0 Å². The lowest BCUT2D eigenvalue weighted by molar-refractivity contribution is 0.0208. The van der Waals surface area contributed by atoms with Gasteiger partial charge in [-0.15, -0.1) is 5.10 Å². The number of furan rings is 1. The summed E-state index contributed by atoms with van der Waals surface area (Å²) in [6.07, 6.45) is -0.348. The molecule has 1 atom stereocenters. The standard InChI is InChI=1S/C17H16F2N4O2/c1-10-2-5-14(25-10)16-21-17(15-9-20-6-7-24-15)23(22-16)11-3-4-12(18)13(19)8-11/h2-5,8,15,20H,6-7,9H2,1H3/t15-/m1/s1. The first-order chi connectivity index (χ1) is 12.1. The van der Waals surface area contributed by atoms with Gasteiger partial charge in [0.2, 0.25) is 5.82 Å². The Balaban J connectivity index is 1.82. The van der Waals surface area contributed by atoms with Crippen LogP contribution in [-0.2, 0) is 4.74 Å². The largest absolute Gasteiger partial charge is 0.458 e. The van der Waals surface area contributed by atoms with Gasteiger partial charge in [0.15, 0.2) is 23.2 Å². The van der Waals surface area contributed by atoms with Crippen molar-refractivity contribution in [1.82, 2.24) is 20.1 Å². The van der Waals surface area contributed by atoms with Crippen LogP contribution in [0.5, 0.6) is 0 Å². The highest BCUT2D eigenvalue weighted by Gasteiger charge is 2.25. The van der Waals surface area contributed by atoms with Crippen molar-refractivity contribution < 1.29 is 17.9 Å². The third-order valence-corrected chi connectivity index (χ3v) is 3.96. The van der Waals surface area contributed by atoms with Gasteiger partial charge in [0.05, 0.1) is 12.3 Å². The maximum atomic E-state index is 13.7. The molecule has 130 valence electrons. The Kier molecular flexibility index (Phi) is 4.06. The molecule has 1 fully saturated rings. The number of nitrogens with zero attached hydrogens (tertiary/aromatic N) is 3. The summed E-state index contributed by atoms with van der Waals surface area (Å²) in [6.45, 7) is 3.66. The lowest BCUT2D eigenvalue weighted by Crippen LogP contribution is -2.34. The quantitative estimate of drug-likeness (QED) is 0.790. The van der Waals surface area contributed by atoms with Crippen molar-refractivity contribution in [3.63, 3.8) is 0 Å². The number of aryl methyl sites for hydroxylation is 1. The zero-order valence-corrected chi connectivity index (χ0v) is 13.5. The molecule has 1 aromatic carbocycles. The Morgan fingerprint density at radius 3 is 2.76 bits per heavy atom. The minimum Gasteiger partial charge on any atom is -0.458 e. The number of hydrogen-bond acceptors (Lipinski definition) is 5. The first-order valence-electron chi connectivity index (χ1n) is 7.93. The van der Waals surface area contributed by atoms with Crippen molar-refractivity contribution in [1.29, 1.82) is 0 Å². The van der Waals surface area contributed by atoms with Crippen molar-refractivity contribution in [3.8, 4) is 17.3 Å². The highest BCUT2D eigenvalue weighted by molar-refractivity contribution is 5.48. The van der Waals surface area contributed by atoms with Crippen LogP contribution >= 0.6 is 0 Å². The maximum absolute atomic E-state index is 13.7. The molecule has 3 heterocycles. The molecule has 0 bridgehead atoms. The van der Waals surface area contributed by atoms with Crippen LogP contribution in [0.2, 0.25) is 0 Å². The lowest BCUT2D eigenvalue weighted by Gasteiger charge is -2.23. The van der Waals surface area contributed by atoms with E-state index >= 15 is 0 Å². The molecule has 1 aliphatic heterocycles. The fourth-order valence-corrected chi connectivity index (χ4v) is 2.73. The van der Waals surface area contributed by atoms with Gasteiger partial charge in [-0.1, -0.05) is 0 Å². The molecule has 8 heteroatoms.